The van der Waals surface area contributed by atoms with E-state index in [4.69, 9.17) is 5.73 Å². The van der Waals surface area contributed by atoms with Crippen molar-refractivity contribution in [2.75, 3.05) is 5.73 Å². The number of benzene rings is 2. The number of anilines is 1. The van der Waals surface area contributed by atoms with Crippen LogP contribution >= 0.6 is 0 Å². The number of rotatable bonds is 2. The van der Waals surface area contributed by atoms with Crippen molar-refractivity contribution in [1.29, 1.82) is 0 Å². The van der Waals surface area contributed by atoms with E-state index in [1.165, 1.54) is 6.07 Å². The molecule has 0 aliphatic heterocycles. The second-order valence-corrected chi connectivity index (χ2v) is 5.34. The predicted molar refractivity (Wildman–Crippen MR) is 62.7 cm³/mol. The highest BCUT2D eigenvalue weighted by molar-refractivity contribution is 7.91. The second kappa shape index (κ2) is 3.98. The molecule has 0 heterocycles. The van der Waals surface area contributed by atoms with Gasteiger partial charge in [0, 0.05) is 5.69 Å². The first kappa shape index (κ1) is 10.7. The lowest BCUT2D eigenvalue weighted by molar-refractivity contribution is 0.596. The molecule has 0 saturated carbocycles. The average Bonchev–Trinajstić information content (AvgIpc) is 2.30. The molecule has 0 aliphatic carbocycles. The fraction of sp³-hybridized carbons (Fsp3) is 0. The highest BCUT2D eigenvalue weighted by atomic mass is 32.2. The Labute approximate surface area is 94.5 Å². The SMILES string of the molecule is Nc1cccc(S(=O)(=O)c2ccccc2)c1. The van der Waals surface area contributed by atoms with Gasteiger partial charge < -0.3 is 5.73 Å². The molecule has 2 rings (SSSR count). The van der Waals surface area contributed by atoms with E-state index in [-0.39, 0.29) is 9.79 Å². The molecule has 0 amide bonds. The van der Waals surface area contributed by atoms with E-state index in [1.807, 2.05) is 0 Å². The van der Waals surface area contributed by atoms with Crippen LogP contribution in [-0.2, 0) is 9.84 Å². The van der Waals surface area contributed by atoms with Gasteiger partial charge in [-0.05, 0) is 30.3 Å². The minimum absolute atomic E-state index is 0.221. The van der Waals surface area contributed by atoms with Crippen molar-refractivity contribution in [1.82, 2.24) is 0 Å². The van der Waals surface area contributed by atoms with Gasteiger partial charge in [-0.1, -0.05) is 24.3 Å². The van der Waals surface area contributed by atoms with Gasteiger partial charge in [0.15, 0.2) is 0 Å². The fourth-order valence-electron chi connectivity index (χ4n) is 1.42. The lowest BCUT2D eigenvalue weighted by Gasteiger charge is -2.04. The van der Waals surface area contributed by atoms with Crippen molar-refractivity contribution in [2.45, 2.75) is 9.79 Å². The van der Waals surface area contributed by atoms with Crippen molar-refractivity contribution >= 4 is 15.5 Å². The molecule has 0 saturated heterocycles. The van der Waals surface area contributed by atoms with E-state index in [2.05, 4.69) is 0 Å². The Kier molecular flexibility index (Phi) is 2.66. The Hall–Kier alpha value is -1.81. The molecule has 0 aliphatic rings. The Morgan fingerprint density at radius 2 is 1.44 bits per heavy atom. The largest absolute Gasteiger partial charge is 0.399 e. The summed E-state index contributed by atoms with van der Waals surface area (Å²) in [4.78, 5) is 0.499. The van der Waals surface area contributed by atoms with Gasteiger partial charge in [0.2, 0.25) is 9.84 Å². The van der Waals surface area contributed by atoms with Crippen molar-refractivity contribution < 1.29 is 8.42 Å². The number of nitrogen functional groups attached to an aromatic ring is 1. The number of hydrogen-bond acceptors (Lipinski definition) is 3. The van der Waals surface area contributed by atoms with E-state index in [9.17, 15) is 8.42 Å². The Morgan fingerprint density at radius 3 is 2.06 bits per heavy atom. The number of sulfone groups is 1. The molecule has 16 heavy (non-hydrogen) atoms. The topological polar surface area (TPSA) is 60.2 Å². The predicted octanol–water partition coefficient (Wildman–Crippen LogP) is 2.10. The maximum Gasteiger partial charge on any atom is 0.206 e. The lowest BCUT2D eigenvalue weighted by atomic mass is 10.3. The van der Waals surface area contributed by atoms with Gasteiger partial charge in [-0.15, -0.1) is 0 Å². The zero-order chi connectivity index (χ0) is 11.6. The maximum atomic E-state index is 12.1. The standard InChI is InChI=1S/C12H11NO2S/c13-10-5-4-8-12(9-10)16(14,15)11-6-2-1-3-7-11/h1-9H,13H2. The molecular formula is C12H11NO2S. The molecule has 2 aromatic rings. The molecule has 3 nitrogen and oxygen atoms in total. The van der Waals surface area contributed by atoms with Crippen LogP contribution in [0.25, 0.3) is 0 Å². The quantitative estimate of drug-likeness (QED) is 0.808. The smallest absolute Gasteiger partial charge is 0.206 e. The van der Waals surface area contributed by atoms with E-state index in [1.54, 1.807) is 48.5 Å². The molecule has 0 bridgehead atoms. The summed E-state index contributed by atoms with van der Waals surface area (Å²) in [5.41, 5.74) is 6.01. The Morgan fingerprint density at radius 1 is 0.812 bits per heavy atom. The molecule has 0 radical (unpaired) electrons. The summed E-state index contributed by atoms with van der Waals surface area (Å²) < 4.78 is 24.3. The van der Waals surface area contributed by atoms with E-state index in [0.717, 1.165) is 0 Å². The van der Waals surface area contributed by atoms with Gasteiger partial charge in [-0.3, -0.25) is 0 Å². The summed E-state index contributed by atoms with van der Waals surface area (Å²) in [5, 5.41) is 0. The third kappa shape index (κ3) is 1.92. The molecule has 4 heteroatoms. The van der Waals surface area contributed by atoms with Crippen LogP contribution in [0, 0.1) is 0 Å². The monoisotopic (exact) mass is 233 g/mol. The van der Waals surface area contributed by atoms with Gasteiger partial charge in [-0.25, -0.2) is 8.42 Å². The zero-order valence-corrected chi connectivity index (χ0v) is 9.31. The van der Waals surface area contributed by atoms with Crippen LogP contribution in [0.15, 0.2) is 64.4 Å². The molecule has 0 fully saturated rings. The van der Waals surface area contributed by atoms with E-state index in [0.29, 0.717) is 5.69 Å². The van der Waals surface area contributed by atoms with Crippen LogP contribution < -0.4 is 5.73 Å². The lowest BCUT2D eigenvalue weighted by Crippen LogP contribution is -2.02. The van der Waals surface area contributed by atoms with Crippen LogP contribution in [0.2, 0.25) is 0 Å². The normalized spacial score (nSPS) is 11.2. The molecule has 0 atom stereocenters. The van der Waals surface area contributed by atoms with Gasteiger partial charge >= 0.3 is 0 Å². The molecule has 2 N–H and O–H groups in total. The molecule has 0 aromatic heterocycles. The van der Waals surface area contributed by atoms with Crippen molar-refractivity contribution in [3.63, 3.8) is 0 Å². The first-order valence-corrected chi connectivity index (χ1v) is 6.25. The summed E-state index contributed by atoms with van der Waals surface area (Å²) in [6.45, 7) is 0. The minimum atomic E-state index is -3.44. The van der Waals surface area contributed by atoms with E-state index >= 15 is 0 Å². The molecule has 0 unspecified atom stereocenters. The van der Waals surface area contributed by atoms with Gasteiger partial charge in [0.05, 0.1) is 9.79 Å². The third-order valence-corrected chi connectivity index (χ3v) is 3.99. The number of hydrogen-bond donors (Lipinski definition) is 1. The van der Waals surface area contributed by atoms with Crippen LogP contribution in [0.1, 0.15) is 0 Å². The van der Waals surface area contributed by atoms with Gasteiger partial charge in [0.1, 0.15) is 0 Å². The first-order chi connectivity index (χ1) is 7.60. The third-order valence-electron chi connectivity index (χ3n) is 2.22. The highest BCUT2D eigenvalue weighted by Crippen LogP contribution is 2.21. The van der Waals surface area contributed by atoms with E-state index < -0.39 is 9.84 Å². The fourth-order valence-corrected chi connectivity index (χ4v) is 2.75. The van der Waals surface area contributed by atoms with Gasteiger partial charge in [0.25, 0.3) is 0 Å². The van der Waals surface area contributed by atoms with Crippen LogP contribution in [-0.4, -0.2) is 8.42 Å². The molecule has 82 valence electrons. The van der Waals surface area contributed by atoms with Crippen molar-refractivity contribution in [3.05, 3.63) is 54.6 Å². The van der Waals surface area contributed by atoms with Gasteiger partial charge in [-0.2, -0.15) is 0 Å². The summed E-state index contributed by atoms with van der Waals surface area (Å²) >= 11 is 0. The molecule has 2 aromatic carbocycles. The summed E-state index contributed by atoms with van der Waals surface area (Å²) in [5.74, 6) is 0. The molecule has 0 spiro atoms. The summed E-state index contributed by atoms with van der Waals surface area (Å²) in [7, 11) is -3.44. The van der Waals surface area contributed by atoms with Crippen molar-refractivity contribution in [3.8, 4) is 0 Å². The first-order valence-electron chi connectivity index (χ1n) is 4.76. The van der Waals surface area contributed by atoms with Crippen molar-refractivity contribution in [2.24, 2.45) is 0 Å². The maximum absolute atomic E-state index is 12.1. The van der Waals surface area contributed by atoms with Crippen LogP contribution in [0.5, 0.6) is 0 Å². The minimum Gasteiger partial charge on any atom is -0.399 e. The van der Waals surface area contributed by atoms with Crippen LogP contribution in [0.4, 0.5) is 5.69 Å². The summed E-state index contributed by atoms with van der Waals surface area (Å²) in [6, 6.07) is 14.6. The highest BCUT2D eigenvalue weighted by Gasteiger charge is 2.16. The Balaban J connectivity index is 2.56. The molecular weight excluding hydrogens is 222 g/mol. The second-order valence-electron chi connectivity index (χ2n) is 3.39. The Bertz CT molecular complexity index is 591. The zero-order valence-electron chi connectivity index (χ0n) is 8.50. The average molecular weight is 233 g/mol. The number of nitrogens with two attached hydrogens (primary N) is 1. The van der Waals surface area contributed by atoms with Crippen LogP contribution in [0.3, 0.4) is 0 Å². The summed E-state index contributed by atoms with van der Waals surface area (Å²) in [6.07, 6.45) is 0.